The van der Waals surface area contributed by atoms with Crippen LogP contribution in [-0.4, -0.2) is 28.6 Å². The smallest absolute Gasteiger partial charge is 0.669 e. The summed E-state index contributed by atoms with van der Waals surface area (Å²) < 4.78 is 19.2. The minimum Gasteiger partial charge on any atom is -0.669 e. The van der Waals surface area contributed by atoms with Crippen molar-refractivity contribution in [2.45, 2.75) is 0 Å². The van der Waals surface area contributed by atoms with Gasteiger partial charge < -0.3 is 40.0 Å². The topological polar surface area (TPSA) is 52.0 Å². The molecule has 0 radical (unpaired) electrons. The number of pyridine rings is 1. The molecule has 49 heavy (non-hydrogen) atoms. The summed E-state index contributed by atoms with van der Waals surface area (Å²) in [7, 11) is 3.58. The number of hydrogen-bond acceptors (Lipinski definition) is 6. The van der Waals surface area contributed by atoms with Crippen LogP contribution in [0.25, 0.3) is 22.4 Å². The van der Waals surface area contributed by atoms with E-state index in [4.69, 9.17) is 20.6 Å². The van der Waals surface area contributed by atoms with Crippen LogP contribution in [-0.2, 0) is 42.1 Å². The predicted molar refractivity (Wildman–Crippen MR) is 180 cm³/mol. The second-order valence-electron chi connectivity index (χ2n) is 10.1. The quantitative estimate of drug-likeness (QED) is 0.113. The van der Waals surface area contributed by atoms with Gasteiger partial charge in [-0.3, -0.25) is 11.1 Å². The van der Waals surface area contributed by atoms with E-state index in [9.17, 15) is 0 Å². The summed E-state index contributed by atoms with van der Waals surface area (Å²) in [6, 6.07) is 46.6. The van der Waals surface area contributed by atoms with Gasteiger partial charge in [-0.15, -0.1) is 53.7 Å². The van der Waals surface area contributed by atoms with Gasteiger partial charge in [0, 0.05) is 62.2 Å². The van der Waals surface area contributed by atoms with Gasteiger partial charge in [-0.25, -0.2) is 24.2 Å². The van der Waals surface area contributed by atoms with E-state index in [1.807, 2.05) is 121 Å². The number of benzene rings is 4. The molecule has 3 heterocycles. The Bertz CT molecular complexity index is 2010. The van der Waals surface area contributed by atoms with E-state index in [1.54, 1.807) is 36.3 Å². The summed E-state index contributed by atoms with van der Waals surface area (Å²) in [5.41, 5.74) is 3.89. The van der Waals surface area contributed by atoms with Gasteiger partial charge in [0.15, 0.2) is 0 Å². The van der Waals surface area contributed by atoms with E-state index in [0.717, 1.165) is 16.8 Å². The number of ether oxygens (including phenoxy) is 3. The summed E-state index contributed by atoms with van der Waals surface area (Å²) in [6.07, 6.45) is 15.6. The van der Waals surface area contributed by atoms with Crippen LogP contribution in [0, 0.1) is 49.5 Å². The molecule has 1 aliphatic heterocycles. The Kier molecular flexibility index (Phi) is 13.5. The van der Waals surface area contributed by atoms with Crippen molar-refractivity contribution in [3.8, 4) is 57.2 Å². The van der Waals surface area contributed by atoms with Crippen molar-refractivity contribution in [2.75, 3.05) is 19.1 Å². The normalized spacial score (nSPS) is 11.3. The minimum absolute atomic E-state index is 0. The first-order chi connectivity index (χ1) is 23.1. The fraction of sp³-hybridized carbons (Fsp3) is 0.0500. The van der Waals surface area contributed by atoms with Crippen LogP contribution in [0.5, 0.6) is 28.7 Å². The van der Waals surface area contributed by atoms with Crippen LogP contribution in [0.2, 0.25) is 0 Å². The van der Waals surface area contributed by atoms with Gasteiger partial charge in [-0.2, -0.15) is 43.1 Å². The third kappa shape index (κ3) is 10.00. The first-order valence-corrected chi connectivity index (χ1v) is 14.5. The van der Waals surface area contributed by atoms with Gasteiger partial charge in [0.25, 0.3) is 0 Å². The number of aromatic nitrogens is 2. The first-order valence-electron chi connectivity index (χ1n) is 14.5. The Morgan fingerprint density at radius 2 is 1.49 bits per heavy atom. The molecule has 0 spiro atoms. The van der Waals surface area contributed by atoms with Gasteiger partial charge in [0.05, 0.1) is 7.11 Å². The predicted octanol–water partition coefficient (Wildman–Crippen LogP) is 8.23. The average molecular weight is 1000 g/mol. The molecule has 0 saturated carbocycles. The maximum atomic E-state index is 6.57. The molecule has 1 aliphatic rings. The summed E-state index contributed by atoms with van der Waals surface area (Å²) in [5.74, 6) is 2.87. The third-order valence-electron chi connectivity index (χ3n) is 6.75. The van der Waals surface area contributed by atoms with Crippen LogP contribution in [0.15, 0.2) is 122 Å². The number of hydrogen-bond donors (Lipinski definition) is 0. The Labute approximate surface area is 316 Å². The van der Waals surface area contributed by atoms with Crippen molar-refractivity contribution in [1.29, 1.82) is 0 Å². The van der Waals surface area contributed by atoms with Crippen LogP contribution < -0.4 is 19.1 Å². The molecule has 0 atom stereocenters. The molecular formula is C40H27N4O3Pt2-3. The number of methoxy groups -OCH3 is 1. The van der Waals surface area contributed by atoms with Crippen LogP contribution in [0.4, 0.5) is 5.69 Å². The van der Waals surface area contributed by atoms with Gasteiger partial charge >= 0.3 is 21.1 Å². The maximum absolute atomic E-state index is 6.57. The molecule has 0 unspecified atom stereocenters. The number of anilines is 1. The summed E-state index contributed by atoms with van der Waals surface area (Å²) in [5, 5.41) is 0. The number of nitrogens with zero attached hydrogens (tertiary/aromatic N) is 4. The molecule has 9 heteroatoms. The van der Waals surface area contributed by atoms with Crippen LogP contribution in [0.1, 0.15) is 0 Å². The fourth-order valence-electron chi connectivity index (χ4n) is 4.51. The van der Waals surface area contributed by atoms with Crippen molar-refractivity contribution in [3.05, 3.63) is 165 Å². The van der Waals surface area contributed by atoms with Crippen molar-refractivity contribution >= 4 is 5.69 Å². The van der Waals surface area contributed by atoms with Gasteiger partial charge in [0.1, 0.15) is 0 Å². The Balaban J connectivity index is 0.000000537. The Morgan fingerprint density at radius 3 is 2.18 bits per heavy atom. The van der Waals surface area contributed by atoms with Crippen LogP contribution in [0.3, 0.4) is 0 Å². The molecule has 0 aliphatic carbocycles. The minimum atomic E-state index is 0. The molecule has 7 nitrogen and oxygen atoms in total. The van der Waals surface area contributed by atoms with Crippen LogP contribution >= 0.6 is 0 Å². The van der Waals surface area contributed by atoms with E-state index in [-0.39, 0.29) is 42.1 Å². The molecule has 0 fully saturated rings. The van der Waals surface area contributed by atoms with Gasteiger partial charge in [-0.1, -0.05) is 24.0 Å². The van der Waals surface area contributed by atoms with E-state index >= 15 is 0 Å². The molecule has 4 aromatic carbocycles. The number of para-hydroxylation sites is 1. The zero-order chi connectivity index (χ0) is 32.4. The summed E-state index contributed by atoms with van der Waals surface area (Å²) in [4.78, 5) is 8.47. The summed E-state index contributed by atoms with van der Waals surface area (Å²) >= 11 is 0. The van der Waals surface area contributed by atoms with E-state index < -0.39 is 0 Å². The molecule has 0 saturated heterocycles. The average Bonchev–Trinajstić information content (AvgIpc) is 3.81. The first kappa shape index (κ1) is 36.8. The summed E-state index contributed by atoms with van der Waals surface area (Å²) in [6.45, 7) is 1.96. The second-order valence-corrected chi connectivity index (χ2v) is 10.1. The van der Waals surface area contributed by atoms with Gasteiger partial charge in [-0.05, 0) is 31.6 Å². The molecule has 248 valence electrons. The van der Waals surface area contributed by atoms with E-state index in [2.05, 4.69) is 41.4 Å². The molecule has 0 N–H and O–H groups in total. The zero-order valence-electron chi connectivity index (χ0n) is 26.3. The fourth-order valence-corrected chi connectivity index (χ4v) is 4.51. The Morgan fingerprint density at radius 1 is 0.755 bits per heavy atom. The largest absolute Gasteiger partial charge is 4.00 e. The van der Waals surface area contributed by atoms with E-state index in [0.29, 0.717) is 40.0 Å². The SMILES string of the molecule is COc1cc(Oc2[c-]c(N3C=CN(C)[CH-]3)ccc2)[c-]c(-c2cc(-c3[c-]c(Oc4[c-]cccc4)ccc3)[c-]cn2)c1.[C-]#Cn1cccc1.[Pt+4].[Pt]. The molecule has 7 rings (SSSR count). The monoisotopic (exact) mass is 1000 g/mol. The van der Waals surface area contributed by atoms with Crippen molar-refractivity contribution < 1.29 is 56.3 Å². The molecule has 2 aromatic heterocycles. The maximum Gasteiger partial charge on any atom is 4.00 e. The second kappa shape index (κ2) is 17.9. The van der Waals surface area contributed by atoms with Crippen molar-refractivity contribution in [2.24, 2.45) is 0 Å². The molecular weight excluding hydrogens is 975 g/mol. The third-order valence-corrected chi connectivity index (χ3v) is 6.75. The van der Waals surface area contributed by atoms with Gasteiger partial charge in [0.2, 0.25) is 0 Å². The van der Waals surface area contributed by atoms with Crippen molar-refractivity contribution in [3.63, 3.8) is 0 Å². The Hall–Kier alpha value is -5.01. The zero-order valence-corrected chi connectivity index (χ0v) is 30.8. The van der Waals surface area contributed by atoms with Crippen molar-refractivity contribution in [1.82, 2.24) is 14.5 Å². The molecule has 0 bridgehead atoms. The number of rotatable bonds is 8. The standard InChI is InChI=1S/C34H23N3O3.C6H4N.2Pt/c1-36-16-17-37(24-36)28-9-7-13-31(22-28)40-33-20-27(19-32(23-33)38-2)34-21-26(14-15-35-34)25-8-6-12-30(18-25)39-29-10-4-3-5-11-29;1-2-7-5-3-4-6-7;;/h3-10,12-13,15-17,19,21,23-24H,1-2H3;3-6H;;/q-6;-1;;+4. The molecule has 6 aromatic rings. The molecule has 0 amide bonds. The van der Waals surface area contributed by atoms with E-state index in [1.165, 1.54) is 0 Å².